The van der Waals surface area contributed by atoms with Gasteiger partial charge in [-0.15, -0.1) is 0 Å². The molecule has 0 radical (unpaired) electrons. The summed E-state index contributed by atoms with van der Waals surface area (Å²) in [5, 5.41) is 26.1. The van der Waals surface area contributed by atoms with Gasteiger partial charge in [-0.05, 0) is 49.9 Å². The topological polar surface area (TPSA) is 119 Å². The third-order valence-electron chi connectivity index (χ3n) is 8.09. The molecule has 3 amide bonds. The number of imide groups is 1. The summed E-state index contributed by atoms with van der Waals surface area (Å²) in [7, 11) is 0. The number of aromatic hydroxyl groups is 2. The molecule has 8 heteroatoms. The Morgan fingerprint density at radius 1 is 1.00 bits per heavy atom. The molecule has 2 aromatic rings. The number of aryl methyl sites for hydroxylation is 1. The van der Waals surface area contributed by atoms with Crippen LogP contribution in [0.15, 0.2) is 36.4 Å². The minimum Gasteiger partial charge on any atom is -0.504 e. The minimum absolute atomic E-state index is 0.109. The maximum absolute atomic E-state index is 13.9. The summed E-state index contributed by atoms with van der Waals surface area (Å²) in [6, 6.07) is 9.61. The lowest BCUT2D eigenvalue weighted by Gasteiger charge is -2.31. The zero-order chi connectivity index (χ0) is 23.8. The van der Waals surface area contributed by atoms with Crippen molar-refractivity contribution in [2.24, 2.45) is 11.8 Å². The van der Waals surface area contributed by atoms with Gasteiger partial charge in [0, 0.05) is 23.3 Å². The third kappa shape index (κ3) is 2.78. The highest BCUT2D eigenvalue weighted by Gasteiger charge is 2.70. The molecule has 4 N–H and O–H groups in total. The van der Waals surface area contributed by atoms with Crippen LogP contribution in [0.5, 0.6) is 11.5 Å². The second kappa shape index (κ2) is 7.30. The molecular formula is C26H27N3O5. The van der Waals surface area contributed by atoms with E-state index in [1.54, 1.807) is 6.07 Å². The molecule has 6 rings (SSSR count). The fourth-order valence-electron chi connectivity index (χ4n) is 6.59. The Morgan fingerprint density at radius 2 is 1.76 bits per heavy atom. The van der Waals surface area contributed by atoms with E-state index >= 15 is 0 Å². The number of likely N-dealkylation sites (tertiary alicyclic amines) is 1. The molecule has 2 aromatic carbocycles. The normalized spacial score (nSPS) is 30.3. The maximum atomic E-state index is 13.9. The maximum Gasteiger partial charge on any atom is 0.250 e. The number of nitrogens with one attached hydrogen (secondary N) is 2. The molecule has 1 aliphatic carbocycles. The Hall–Kier alpha value is -3.39. The van der Waals surface area contributed by atoms with Crippen LogP contribution in [0.2, 0.25) is 0 Å². The van der Waals surface area contributed by atoms with Crippen molar-refractivity contribution in [3.8, 4) is 11.5 Å². The number of fused-ring (bicyclic) bond motifs is 4. The number of rotatable bonds is 3. The SMILES string of the molecule is Cc1ccc2c(c1)[C@]1(N[C@@H](Cc3ccc(O)c(O)c3)[C@H]3C(=O)N(C4CCCC4)C(=O)[C@H]31)C(=O)N2. The number of carbonyl (C=O) groups excluding carboxylic acids is 3. The number of amides is 3. The molecule has 8 nitrogen and oxygen atoms in total. The molecule has 0 bridgehead atoms. The standard InChI is InChI=1S/C26H27N3O5/c1-13-6-8-17-16(10-13)26(25(34)27-17)22-21(23(32)29(24(22)33)15-4-2-3-5-15)18(28-26)11-14-7-9-19(30)20(31)12-14/h6-10,12,15,18,21-22,28,30-31H,2-5,11H2,1H3,(H,27,34)/t18-,21+,22-,26+/m0/s1. The smallest absolute Gasteiger partial charge is 0.250 e. The largest absolute Gasteiger partial charge is 0.504 e. The molecule has 0 unspecified atom stereocenters. The molecule has 3 aliphatic heterocycles. The van der Waals surface area contributed by atoms with Crippen molar-refractivity contribution >= 4 is 23.4 Å². The van der Waals surface area contributed by atoms with Crippen LogP contribution >= 0.6 is 0 Å². The molecule has 1 saturated carbocycles. The first-order chi connectivity index (χ1) is 16.3. The Morgan fingerprint density at radius 3 is 2.50 bits per heavy atom. The summed E-state index contributed by atoms with van der Waals surface area (Å²) in [4.78, 5) is 42.7. The van der Waals surface area contributed by atoms with E-state index in [0.717, 1.165) is 31.2 Å². The fourth-order valence-corrected chi connectivity index (χ4v) is 6.59. The minimum atomic E-state index is -1.32. The average Bonchev–Trinajstić information content (AvgIpc) is 3.54. The highest BCUT2D eigenvalue weighted by Crippen LogP contribution is 2.54. The van der Waals surface area contributed by atoms with Gasteiger partial charge in [0.25, 0.3) is 0 Å². The number of nitrogens with zero attached hydrogens (tertiary/aromatic N) is 1. The highest BCUT2D eigenvalue weighted by atomic mass is 16.3. The van der Waals surface area contributed by atoms with Gasteiger partial charge >= 0.3 is 0 Å². The summed E-state index contributed by atoms with van der Waals surface area (Å²) in [6.45, 7) is 1.94. The van der Waals surface area contributed by atoms with E-state index in [4.69, 9.17) is 0 Å². The summed E-state index contributed by atoms with van der Waals surface area (Å²) in [6.07, 6.45) is 3.90. The monoisotopic (exact) mass is 461 g/mol. The predicted octanol–water partition coefficient (Wildman–Crippen LogP) is 2.31. The number of hydrogen-bond acceptors (Lipinski definition) is 6. The first kappa shape index (κ1) is 21.2. The molecule has 2 saturated heterocycles. The Labute approximate surface area is 197 Å². The van der Waals surface area contributed by atoms with Gasteiger partial charge in [0.2, 0.25) is 17.7 Å². The van der Waals surface area contributed by atoms with E-state index in [2.05, 4.69) is 10.6 Å². The van der Waals surface area contributed by atoms with Gasteiger partial charge in [-0.25, -0.2) is 0 Å². The first-order valence-corrected chi connectivity index (χ1v) is 11.9. The number of hydrogen-bond donors (Lipinski definition) is 4. The van der Waals surface area contributed by atoms with Gasteiger partial charge in [-0.3, -0.25) is 24.6 Å². The average molecular weight is 462 g/mol. The summed E-state index contributed by atoms with van der Waals surface area (Å²) in [5.74, 6) is -2.79. The van der Waals surface area contributed by atoms with Crippen molar-refractivity contribution in [1.29, 1.82) is 0 Å². The number of benzene rings is 2. The van der Waals surface area contributed by atoms with Gasteiger partial charge in [0.15, 0.2) is 11.5 Å². The molecule has 3 fully saturated rings. The lowest BCUT2D eigenvalue weighted by atomic mass is 9.76. The lowest BCUT2D eigenvalue weighted by molar-refractivity contribution is -0.145. The van der Waals surface area contributed by atoms with Gasteiger partial charge in [0.05, 0.1) is 11.8 Å². The quantitative estimate of drug-likeness (QED) is 0.412. The van der Waals surface area contributed by atoms with Gasteiger partial charge < -0.3 is 15.5 Å². The lowest BCUT2D eigenvalue weighted by Crippen LogP contribution is -2.54. The fraction of sp³-hybridized carbons (Fsp3) is 0.423. The molecule has 3 heterocycles. The first-order valence-electron chi connectivity index (χ1n) is 11.9. The molecule has 4 atom stereocenters. The van der Waals surface area contributed by atoms with Crippen LogP contribution in [0.4, 0.5) is 5.69 Å². The van der Waals surface area contributed by atoms with E-state index in [9.17, 15) is 24.6 Å². The number of carbonyl (C=O) groups is 3. The molecule has 176 valence electrons. The van der Waals surface area contributed by atoms with Gasteiger partial charge in [-0.1, -0.05) is 36.6 Å². The van der Waals surface area contributed by atoms with E-state index in [0.29, 0.717) is 23.2 Å². The van der Waals surface area contributed by atoms with Crippen LogP contribution in [0.25, 0.3) is 0 Å². The van der Waals surface area contributed by atoms with E-state index in [-0.39, 0.29) is 35.3 Å². The summed E-state index contributed by atoms with van der Waals surface area (Å²) < 4.78 is 0. The zero-order valence-electron chi connectivity index (χ0n) is 18.9. The van der Waals surface area contributed by atoms with Crippen molar-refractivity contribution in [3.05, 3.63) is 53.1 Å². The van der Waals surface area contributed by atoms with Crippen molar-refractivity contribution in [2.45, 2.75) is 56.7 Å². The Bertz CT molecular complexity index is 1240. The van der Waals surface area contributed by atoms with Gasteiger partial charge in [0.1, 0.15) is 5.54 Å². The molecular weight excluding hydrogens is 434 g/mol. The van der Waals surface area contributed by atoms with Gasteiger partial charge in [-0.2, -0.15) is 0 Å². The molecule has 0 aromatic heterocycles. The van der Waals surface area contributed by atoms with Crippen molar-refractivity contribution in [1.82, 2.24) is 10.2 Å². The van der Waals surface area contributed by atoms with Crippen LogP contribution in [0.1, 0.15) is 42.4 Å². The van der Waals surface area contributed by atoms with Crippen LogP contribution < -0.4 is 10.6 Å². The Kier molecular flexibility index (Phi) is 4.55. The number of anilines is 1. The van der Waals surface area contributed by atoms with Crippen LogP contribution in [-0.2, 0) is 26.3 Å². The second-order valence-electron chi connectivity index (χ2n) is 10.1. The summed E-state index contributed by atoms with van der Waals surface area (Å²) >= 11 is 0. The van der Waals surface area contributed by atoms with Crippen LogP contribution in [0, 0.1) is 18.8 Å². The van der Waals surface area contributed by atoms with Crippen molar-refractivity contribution in [2.75, 3.05) is 5.32 Å². The van der Waals surface area contributed by atoms with E-state index < -0.39 is 23.4 Å². The Balaban J connectivity index is 1.47. The van der Waals surface area contributed by atoms with Crippen molar-refractivity contribution in [3.63, 3.8) is 0 Å². The number of phenolic OH excluding ortho intramolecular Hbond substituents is 2. The highest BCUT2D eigenvalue weighted by molar-refractivity contribution is 6.15. The number of phenols is 2. The molecule has 1 spiro atoms. The van der Waals surface area contributed by atoms with Crippen molar-refractivity contribution < 1.29 is 24.6 Å². The summed E-state index contributed by atoms with van der Waals surface area (Å²) in [5.41, 5.74) is 1.70. The second-order valence-corrected chi connectivity index (χ2v) is 10.1. The van der Waals surface area contributed by atoms with E-state index in [1.807, 2.05) is 25.1 Å². The zero-order valence-corrected chi connectivity index (χ0v) is 18.9. The third-order valence-corrected chi connectivity index (χ3v) is 8.09. The van der Waals surface area contributed by atoms with E-state index in [1.165, 1.54) is 17.0 Å². The molecule has 34 heavy (non-hydrogen) atoms. The molecule has 4 aliphatic rings. The van der Waals surface area contributed by atoms with Crippen LogP contribution in [0.3, 0.4) is 0 Å². The van der Waals surface area contributed by atoms with Crippen LogP contribution in [-0.4, -0.2) is 44.9 Å². The predicted molar refractivity (Wildman–Crippen MR) is 123 cm³/mol.